The van der Waals surface area contributed by atoms with Crippen molar-refractivity contribution in [3.05, 3.63) is 95.8 Å². The largest absolute Gasteiger partial charge is 0.350 e. The van der Waals surface area contributed by atoms with E-state index < -0.39 is 17.6 Å². The van der Waals surface area contributed by atoms with E-state index in [0.717, 1.165) is 16.8 Å². The van der Waals surface area contributed by atoms with Crippen LogP contribution in [-0.2, 0) is 9.59 Å². The minimum Gasteiger partial charge on any atom is -0.350 e. The molecular formula is C31H37N5O3. The van der Waals surface area contributed by atoms with Crippen LogP contribution in [0.4, 0.5) is 10.5 Å². The highest BCUT2D eigenvalue weighted by Crippen LogP contribution is 2.38. The molecule has 0 bridgehead atoms. The number of rotatable bonds is 6. The Bertz CT molecular complexity index is 1290. The SMILES string of the molecule is Cc1cccc(NC(=O)NC2CC(c3ccccn3)CC(c3ccccc3)N(CC(=O)NC(C)(C)C)C2=O)c1. The van der Waals surface area contributed by atoms with Crippen molar-refractivity contribution < 1.29 is 14.4 Å². The first-order chi connectivity index (χ1) is 18.6. The fraction of sp³-hybridized carbons (Fsp3) is 0.355. The van der Waals surface area contributed by atoms with E-state index in [-0.39, 0.29) is 30.3 Å². The lowest BCUT2D eigenvalue weighted by Crippen LogP contribution is -2.53. The molecule has 1 aliphatic rings. The number of nitrogens with zero attached hydrogens (tertiary/aromatic N) is 2. The monoisotopic (exact) mass is 527 g/mol. The van der Waals surface area contributed by atoms with Gasteiger partial charge in [-0.25, -0.2) is 4.79 Å². The van der Waals surface area contributed by atoms with Crippen molar-refractivity contribution in [3.8, 4) is 0 Å². The molecule has 0 radical (unpaired) electrons. The second-order valence-corrected chi connectivity index (χ2v) is 11.1. The van der Waals surface area contributed by atoms with Gasteiger partial charge < -0.3 is 20.9 Å². The van der Waals surface area contributed by atoms with Crippen LogP contribution in [0.3, 0.4) is 0 Å². The van der Waals surface area contributed by atoms with E-state index >= 15 is 0 Å². The second-order valence-electron chi connectivity index (χ2n) is 11.1. The van der Waals surface area contributed by atoms with Gasteiger partial charge in [0.15, 0.2) is 0 Å². The molecular weight excluding hydrogens is 490 g/mol. The van der Waals surface area contributed by atoms with Gasteiger partial charge in [0.25, 0.3) is 0 Å². The van der Waals surface area contributed by atoms with Crippen LogP contribution in [0.2, 0.25) is 0 Å². The molecule has 2 heterocycles. The van der Waals surface area contributed by atoms with Crippen molar-refractivity contribution in [2.24, 2.45) is 0 Å². The quantitative estimate of drug-likeness (QED) is 0.422. The highest BCUT2D eigenvalue weighted by atomic mass is 16.2. The number of likely N-dealkylation sites (tertiary alicyclic amines) is 1. The van der Waals surface area contributed by atoms with Crippen molar-refractivity contribution in [2.75, 3.05) is 11.9 Å². The minimum absolute atomic E-state index is 0.123. The van der Waals surface area contributed by atoms with Crippen molar-refractivity contribution in [2.45, 2.75) is 64.1 Å². The van der Waals surface area contributed by atoms with E-state index in [2.05, 4.69) is 20.9 Å². The Balaban J connectivity index is 1.68. The van der Waals surface area contributed by atoms with Crippen LogP contribution >= 0.6 is 0 Å². The molecule has 8 nitrogen and oxygen atoms in total. The average Bonchev–Trinajstić information content (AvgIpc) is 3.01. The fourth-order valence-corrected chi connectivity index (χ4v) is 5.05. The van der Waals surface area contributed by atoms with Crippen LogP contribution in [0, 0.1) is 6.92 Å². The van der Waals surface area contributed by atoms with Gasteiger partial charge in [0.1, 0.15) is 12.6 Å². The summed E-state index contributed by atoms with van der Waals surface area (Å²) in [5.74, 6) is -0.679. The lowest BCUT2D eigenvalue weighted by Gasteiger charge is -2.33. The average molecular weight is 528 g/mol. The van der Waals surface area contributed by atoms with E-state index in [1.165, 1.54) is 0 Å². The first-order valence-corrected chi connectivity index (χ1v) is 13.3. The first kappa shape index (κ1) is 27.8. The van der Waals surface area contributed by atoms with Crippen molar-refractivity contribution in [1.29, 1.82) is 0 Å². The van der Waals surface area contributed by atoms with E-state index in [1.54, 1.807) is 17.2 Å². The smallest absolute Gasteiger partial charge is 0.319 e. The van der Waals surface area contributed by atoms with E-state index in [0.29, 0.717) is 18.5 Å². The standard InChI is InChI=1S/C31H37N5O3/c1-21-11-10-14-24(17-21)33-30(39)34-26-18-23(25-15-8-9-16-32-25)19-27(22-12-6-5-7-13-22)36(29(26)38)20-28(37)35-31(2,3)4/h5-17,23,26-27H,18-20H2,1-4H3,(H,35,37)(H2,33,34,39). The lowest BCUT2D eigenvalue weighted by molar-refractivity contribution is -0.139. The van der Waals surface area contributed by atoms with Gasteiger partial charge in [0.2, 0.25) is 11.8 Å². The van der Waals surface area contributed by atoms with Crippen LogP contribution in [0.15, 0.2) is 79.0 Å². The highest BCUT2D eigenvalue weighted by molar-refractivity contribution is 5.95. The maximum atomic E-state index is 14.1. The Morgan fingerprint density at radius 2 is 1.72 bits per heavy atom. The van der Waals surface area contributed by atoms with Gasteiger partial charge in [-0.2, -0.15) is 0 Å². The number of amides is 4. The number of carbonyl (C=O) groups excluding carboxylic acids is 3. The van der Waals surface area contributed by atoms with E-state index in [4.69, 9.17) is 0 Å². The molecule has 4 amide bonds. The molecule has 1 aliphatic heterocycles. The zero-order valence-corrected chi connectivity index (χ0v) is 23.0. The number of nitrogens with one attached hydrogen (secondary N) is 3. The van der Waals surface area contributed by atoms with Crippen LogP contribution in [-0.4, -0.2) is 45.9 Å². The van der Waals surface area contributed by atoms with Crippen LogP contribution in [0.1, 0.15) is 62.4 Å². The number of pyridine rings is 1. The molecule has 8 heteroatoms. The summed E-state index contributed by atoms with van der Waals surface area (Å²) in [7, 11) is 0. The summed E-state index contributed by atoms with van der Waals surface area (Å²) in [4.78, 5) is 46.5. The molecule has 2 aromatic carbocycles. The van der Waals surface area contributed by atoms with Crippen molar-refractivity contribution >= 4 is 23.5 Å². The normalized spacial score (nSPS) is 19.6. The molecule has 4 rings (SSSR count). The number of benzene rings is 2. The highest BCUT2D eigenvalue weighted by Gasteiger charge is 2.40. The predicted molar refractivity (Wildman–Crippen MR) is 152 cm³/mol. The Kier molecular flexibility index (Phi) is 8.64. The maximum Gasteiger partial charge on any atom is 0.319 e. The topological polar surface area (TPSA) is 103 Å². The molecule has 3 atom stereocenters. The van der Waals surface area contributed by atoms with Crippen LogP contribution in [0.25, 0.3) is 0 Å². The number of urea groups is 1. The van der Waals surface area contributed by atoms with Crippen LogP contribution in [0.5, 0.6) is 0 Å². The molecule has 3 aromatic rings. The third-order valence-electron chi connectivity index (χ3n) is 6.69. The zero-order valence-electron chi connectivity index (χ0n) is 23.0. The first-order valence-electron chi connectivity index (χ1n) is 13.3. The van der Waals surface area contributed by atoms with Gasteiger partial charge in [-0.05, 0) is 75.9 Å². The lowest BCUT2D eigenvalue weighted by atomic mass is 9.89. The van der Waals surface area contributed by atoms with E-state index in [1.807, 2.05) is 94.4 Å². The molecule has 3 unspecified atom stereocenters. The molecule has 0 aliphatic carbocycles. The summed E-state index contributed by atoms with van der Waals surface area (Å²) < 4.78 is 0. The van der Waals surface area contributed by atoms with Gasteiger partial charge in [0, 0.05) is 29.0 Å². The summed E-state index contributed by atoms with van der Waals surface area (Å²) in [6.45, 7) is 7.53. The summed E-state index contributed by atoms with van der Waals surface area (Å²) in [5.41, 5.74) is 2.97. The van der Waals surface area contributed by atoms with Gasteiger partial charge in [0.05, 0.1) is 6.04 Å². The summed E-state index contributed by atoms with van der Waals surface area (Å²) >= 11 is 0. The molecule has 3 N–H and O–H groups in total. The molecule has 204 valence electrons. The Morgan fingerprint density at radius 3 is 2.38 bits per heavy atom. The Morgan fingerprint density at radius 1 is 0.974 bits per heavy atom. The molecule has 0 saturated carbocycles. The number of hydrogen-bond donors (Lipinski definition) is 3. The summed E-state index contributed by atoms with van der Waals surface area (Å²) in [5, 5.41) is 8.71. The summed E-state index contributed by atoms with van der Waals surface area (Å²) in [6.07, 6.45) is 2.66. The number of hydrogen-bond acceptors (Lipinski definition) is 4. The van der Waals surface area contributed by atoms with Crippen LogP contribution < -0.4 is 16.0 Å². The third-order valence-corrected chi connectivity index (χ3v) is 6.69. The molecule has 39 heavy (non-hydrogen) atoms. The number of aryl methyl sites for hydroxylation is 1. The van der Waals surface area contributed by atoms with Crippen molar-refractivity contribution in [1.82, 2.24) is 20.5 Å². The van der Waals surface area contributed by atoms with E-state index in [9.17, 15) is 14.4 Å². The zero-order chi connectivity index (χ0) is 28.0. The third kappa shape index (κ3) is 7.66. The predicted octanol–water partition coefficient (Wildman–Crippen LogP) is 4.94. The molecule has 0 spiro atoms. The van der Waals surface area contributed by atoms with Gasteiger partial charge in [-0.15, -0.1) is 0 Å². The maximum absolute atomic E-state index is 14.1. The fourth-order valence-electron chi connectivity index (χ4n) is 5.05. The van der Waals surface area contributed by atoms with Crippen molar-refractivity contribution in [3.63, 3.8) is 0 Å². The second kappa shape index (κ2) is 12.1. The molecule has 1 aromatic heterocycles. The number of anilines is 1. The Hall–Kier alpha value is -4.20. The number of carbonyl (C=O) groups is 3. The molecule has 1 saturated heterocycles. The van der Waals surface area contributed by atoms with Gasteiger partial charge in [-0.1, -0.05) is 48.5 Å². The van der Waals surface area contributed by atoms with Gasteiger partial charge in [-0.3, -0.25) is 14.6 Å². The summed E-state index contributed by atoms with van der Waals surface area (Å²) in [6, 6.07) is 21.2. The number of aromatic nitrogens is 1. The Labute approximate surface area is 230 Å². The minimum atomic E-state index is -0.849. The molecule has 1 fully saturated rings. The van der Waals surface area contributed by atoms with Gasteiger partial charge >= 0.3 is 6.03 Å².